The van der Waals surface area contributed by atoms with E-state index in [2.05, 4.69) is 10.3 Å². The summed E-state index contributed by atoms with van der Waals surface area (Å²) in [6.45, 7) is 0.911. The van der Waals surface area contributed by atoms with Crippen LogP contribution >= 0.6 is 11.3 Å². The smallest absolute Gasteiger partial charge is 0.261 e. The second-order valence-corrected chi connectivity index (χ2v) is 8.84. The molecule has 2 aliphatic heterocycles. The maximum absolute atomic E-state index is 13.0. The molecule has 3 amide bonds. The molecule has 10 heteroatoms. The second-order valence-electron chi connectivity index (χ2n) is 7.98. The van der Waals surface area contributed by atoms with Crippen LogP contribution in [0.5, 0.6) is 11.5 Å². The number of anilines is 1. The molecule has 3 heterocycles. The van der Waals surface area contributed by atoms with Crippen molar-refractivity contribution in [2.75, 3.05) is 26.2 Å². The van der Waals surface area contributed by atoms with Crippen LogP contribution in [0.25, 0.3) is 0 Å². The maximum Gasteiger partial charge on any atom is 0.261 e. The van der Waals surface area contributed by atoms with Crippen LogP contribution in [0.2, 0.25) is 0 Å². The number of ether oxygens (including phenoxy) is 2. The first kappa shape index (κ1) is 21.1. The van der Waals surface area contributed by atoms with Gasteiger partial charge in [-0.3, -0.25) is 24.6 Å². The highest BCUT2D eigenvalue weighted by Gasteiger charge is 2.36. The molecule has 2 aromatic carbocycles. The molecule has 1 aromatic heterocycles. The fourth-order valence-corrected chi connectivity index (χ4v) is 4.42. The number of carbonyl (C=O) groups excluding carboxylic acids is 3. The summed E-state index contributed by atoms with van der Waals surface area (Å²) in [7, 11) is 3.88. The molecule has 0 bridgehead atoms. The Balaban J connectivity index is 1.32. The summed E-state index contributed by atoms with van der Waals surface area (Å²) in [4.78, 5) is 46.1. The SMILES string of the molecule is CN(C)Cc1csc(NC(=O)c2ccc3c(c2)C(=O)N(Cc2ccc4c(c2)OCO4)C3=O)n1. The molecule has 5 rings (SSSR count). The van der Waals surface area contributed by atoms with E-state index in [1.54, 1.807) is 18.2 Å². The lowest BCUT2D eigenvalue weighted by molar-refractivity contribution is 0.0642. The van der Waals surface area contributed by atoms with Crippen LogP contribution in [0.3, 0.4) is 0 Å². The third kappa shape index (κ3) is 4.06. The number of hydrogen-bond acceptors (Lipinski definition) is 8. The van der Waals surface area contributed by atoms with Gasteiger partial charge in [-0.2, -0.15) is 0 Å². The molecular formula is C23H20N4O5S. The molecule has 0 atom stereocenters. The Morgan fingerprint density at radius 2 is 1.88 bits per heavy atom. The van der Waals surface area contributed by atoms with Crippen molar-refractivity contribution in [3.63, 3.8) is 0 Å². The number of imide groups is 1. The standard InChI is InChI=1S/C23H20N4O5S/c1-26(2)10-15-11-33-23(24-15)25-20(28)14-4-5-16-17(8-14)22(30)27(21(16)29)9-13-3-6-18-19(7-13)32-12-31-18/h3-8,11H,9-10,12H2,1-2H3,(H,24,25,28). The third-order valence-corrected chi connectivity index (χ3v) is 6.07. The molecule has 0 aliphatic carbocycles. The fraction of sp³-hybridized carbons (Fsp3) is 0.217. The van der Waals surface area contributed by atoms with Gasteiger partial charge in [0.05, 0.1) is 23.4 Å². The van der Waals surface area contributed by atoms with Crippen molar-refractivity contribution >= 4 is 34.2 Å². The molecule has 0 spiro atoms. The van der Waals surface area contributed by atoms with E-state index in [9.17, 15) is 14.4 Å². The summed E-state index contributed by atoms with van der Waals surface area (Å²) in [6, 6.07) is 9.80. The van der Waals surface area contributed by atoms with Crippen LogP contribution in [0, 0.1) is 0 Å². The summed E-state index contributed by atoms with van der Waals surface area (Å²) in [5.41, 5.74) is 2.36. The molecule has 0 saturated carbocycles. The predicted molar refractivity (Wildman–Crippen MR) is 121 cm³/mol. The maximum atomic E-state index is 13.0. The van der Waals surface area contributed by atoms with Gasteiger partial charge in [-0.1, -0.05) is 6.07 Å². The van der Waals surface area contributed by atoms with Gasteiger partial charge < -0.3 is 14.4 Å². The number of nitrogens with zero attached hydrogens (tertiary/aromatic N) is 3. The summed E-state index contributed by atoms with van der Waals surface area (Å²) in [5.74, 6) is -0.0134. The Kier molecular flexibility index (Phi) is 5.31. The zero-order valence-electron chi connectivity index (χ0n) is 18.0. The van der Waals surface area contributed by atoms with Crippen LogP contribution in [0.4, 0.5) is 5.13 Å². The minimum atomic E-state index is -0.440. The third-order valence-electron chi connectivity index (χ3n) is 5.26. The molecule has 168 valence electrons. The molecular weight excluding hydrogens is 444 g/mol. The van der Waals surface area contributed by atoms with Crippen molar-refractivity contribution in [3.8, 4) is 11.5 Å². The van der Waals surface area contributed by atoms with Crippen LogP contribution in [-0.4, -0.2) is 53.4 Å². The highest BCUT2D eigenvalue weighted by Crippen LogP contribution is 2.34. The van der Waals surface area contributed by atoms with Gasteiger partial charge in [0.2, 0.25) is 6.79 Å². The summed E-state index contributed by atoms with van der Waals surface area (Å²) < 4.78 is 10.7. The Morgan fingerprint density at radius 3 is 2.70 bits per heavy atom. The van der Waals surface area contributed by atoms with Crippen molar-refractivity contribution < 1.29 is 23.9 Å². The number of carbonyl (C=O) groups is 3. The molecule has 0 radical (unpaired) electrons. The van der Waals surface area contributed by atoms with E-state index in [4.69, 9.17) is 9.47 Å². The molecule has 9 nitrogen and oxygen atoms in total. The van der Waals surface area contributed by atoms with Crippen LogP contribution in [-0.2, 0) is 13.1 Å². The summed E-state index contributed by atoms with van der Waals surface area (Å²) in [5, 5.41) is 5.12. The molecule has 0 fully saturated rings. The van der Waals surface area contributed by atoms with Gasteiger partial charge in [0, 0.05) is 17.5 Å². The van der Waals surface area contributed by atoms with Gasteiger partial charge in [-0.05, 0) is 50.0 Å². The first-order chi connectivity index (χ1) is 15.9. The number of fused-ring (bicyclic) bond motifs is 2. The summed E-state index contributed by atoms with van der Waals surface area (Å²) in [6.07, 6.45) is 0. The normalized spacial score (nSPS) is 14.2. The Morgan fingerprint density at radius 1 is 1.09 bits per heavy atom. The van der Waals surface area contributed by atoms with Gasteiger partial charge >= 0.3 is 0 Å². The molecule has 3 aromatic rings. The van der Waals surface area contributed by atoms with Crippen LogP contribution in [0.1, 0.15) is 42.3 Å². The average Bonchev–Trinajstić information content (AvgIpc) is 3.49. The zero-order chi connectivity index (χ0) is 23.1. The van der Waals surface area contributed by atoms with E-state index in [0.717, 1.165) is 16.2 Å². The lowest BCUT2D eigenvalue weighted by Crippen LogP contribution is -2.29. The van der Waals surface area contributed by atoms with Crippen LogP contribution in [0.15, 0.2) is 41.8 Å². The number of hydrogen-bond donors (Lipinski definition) is 1. The Bertz CT molecular complexity index is 1290. The average molecular weight is 465 g/mol. The van der Waals surface area contributed by atoms with Crippen LogP contribution < -0.4 is 14.8 Å². The van der Waals surface area contributed by atoms with E-state index in [-0.39, 0.29) is 30.0 Å². The number of nitrogens with one attached hydrogen (secondary N) is 1. The largest absolute Gasteiger partial charge is 0.454 e. The quantitative estimate of drug-likeness (QED) is 0.560. The number of amides is 3. The van der Waals surface area contributed by atoms with Crippen molar-refractivity contribution in [2.45, 2.75) is 13.1 Å². The monoisotopic (exact) mass is 464 g/mol. The van der Waals surface area contributed by atoms with Gasteiger partial charge in [-0.15, -0.1) is 11.3 Å². The minimum absolute atomic E-state index is 0.0955. The minimum Gasteiger partial charge on any atom is -0.454 e. The van der Waals surface area contributed by atoms with Gasteiger partial charge in [0.15, 0.2) is 16.6 Å². The Hall–Kier alpha value is -3.76. The number of benzene rings is 2. The predicted octanol–water partition coefficient (Wildman–Crippen LogP) is 2.98. The molecule has 2 aliphatic rings. The van der Waals surface area contributed by atoms with E-state index in [1.165, 1.54) is 29.5 Å². The van der Waals surface area contributed by atoms with E-state index in [1.807, 2.05) is 24.4 Å². The number of aromatic nitrogens is 1. The van der Waals surface area contributed by atoms with Crippen molar-refractivity contribution in [2.24, 2.45) is 0 Å². The van der Waals surface area contributed by atoms with Crippen molar-refractivity contribution in [1.82, 2.24) is 14.8 Å². The van der Waals surface area contributed by atoms with E-state index in [0.29, 0.717) is 23.2 Å². The topological polar surface area (TPSA) is 101 Å². The lowest BCUT2D eigenvalue weighted by Gasteiger charge is -2.14. The van der Waals surface area contributed by atoms with Gasteiger partial charge in [0.25, 0.3) is 17.7 Å². The lowest BCUT2D eigenvalue weighted by atomic mass is 10.1. The molecule has 33 heavy (non-hydrogen) atoms. The molecule has 1 N–H and O–H groups in total. The first-order valence-electron chi connectivity index (χ1n) is 10.2. The highest BCUT2D eigenvalue weighted by atomic mass is 32.1. The van der Waals surface area contributed by atoms with E-state index >= 15 is 0 Å². The van der Waals surface area contributed by atoms with Gasteiger partial charge in [0.1, 0.15) is 0 Å². The van der Waals surface area contributed by atoms with Crippen molar-refractivity contribution in [3.05, 3.63) is 69.7 Å². The summed E-state index contributed by atoms with van der Waals surface area (Å²) >= 11 is 1.33. The zero-order valence-corrected chi connectivity index (χ0v) is 18.8. The fourth-order valence-electron chi connectivity index (χ4n) is 3.73. The van der Waals surface area contributed by atoms with E-state index < -0.39 is 17.7 Å². The number of thiazole rings is 1. The highest BCUT2D eigenvalue weighted by molar-refractivity contribution is 7.14. The molecule has 0 saturated heterocycles. The van der Waals surface area contributed by atoms with Crippen molar-refractivity contribution in [1.29, 1.82) is 0 Å². The number of rotatable bonds is 6. The Labute approximate surface area is 193 Å². The second kappa shape index (κ2) is 8.30. The molecule has 0 unspecified atom stereocenters. The first-order valence-corrected chi connectivity index (χ1v) is 11.1. The van der Waals surface area contributed by atoms with Gasteiger partial charge in [-0.25, -0.2) is 4.98 Å².